The van der Waals surface area contributed by atoms with Gasteiger partial charge < -0.3 is 10.2 Å². The molecule has 1 unspecified atom stereocenters. The van der Waals surface area contributed by atoms with Crippen molar-refractivity contribution in [3.63, 3.8) is 0 Å². The van der Waals surface area contributed by atoms with Gasteiger partial charge in [0, 0.05) is 32.1 Å². The SMILES string of the molecule is CC(C)C(=O)NCC1CCCN(c2nnnn2CC2CCCCC2)C1. The van der Waals surface area contributed by atoms with Gasteiger partial charge in [0.15, 0.2) is 0 Å². The summed E-state index contributed by atoms with van der Waals surface area (Å²) in [4.78, 5) is 14.1. The van der Waals surface area contributed by atoms with E-state index in [9.17, 15) is 4.79 Å². The highest BCUT2D eigenvalue weighted by atomic mass is 16.1. The van der Waals surface area contributed by atoms with Crippen LogP contribution in [0.25, 0.3) is 0 Å². The van der Waals surface area contributed by atoms with Gasteiger partial charge in [-0.1, -0.05) is 38.2 Å². The molecule has 7 heteroatoms. The van der Waals surface area contributed by atoms with Crippen molar-refractivity contribution in [3.8, 4) is 0 Å². The molecule has 1 aromatic heterocycles. The van der Waals surface area contributed by atoms with Crippen LogP contribution in [0.15, 0.2) is 0 Å². The number of carbonyl (C=O) groups excluding carboxylic acids is 1. The van der Waals surface area contributed by atoms with Gasteiger partial charge in [0.2, 0.25) is 11.9 Å². The molecule has 1 saturated heterocycles. The van der Waals surface area contributed by atoms with Crippen LogP contribution >= 0.6 is 0 Å². The lowest BCUT2D eigenvalue weighted by Crippen LogP contribution is -2.43. The predicted molar refractivity (Wildman–Crippen MR) is 97.2 cm³/mol. The van der Waals surface area contributed by atoms with Gasteiger partial charge >= 0.3 is 0 Å². The predicted octanol–water partition coefficient (Wildman–Crippen LogP) is 2.24. The minimum Gasteiger partial charge on any atom is -0.356 e. The van der Waals surface area contributed by atoms with Gasteiger partial charge in [-0.15, -0.1) is 0 Å². The molecule has 1 saturated carbocycles. The molecule has 2 aliphatic rings. The highest BCUT2D eigenvalue weighted by Crippen LogP contribution is 2.27. The second kappa shape index (κ2) is 8.63. The van der Waals surface area contributed by atoms with Gasteiger partial charge in [-0.2, -0.15) is 0 Å². The monoisotopic (exact) mass is 348 g/mol. The lowest BCUT2D eigenvalue weighted by molar-refractivity contribution is -0.124. The fourth-order valence-corrected chi connectivity index (χ4v) is 4.02. The first-order valence-electron chi connectivity index (χ1n) is 9.92. The van der Waals surface area contributed by atoms with Crippen molar-refractivity contribution in [1.82, 2.24) is 25.5 Å². The van der Waals surface area contributed by atoms with E-state index in [1.165, 1.54) is 32.1 Å². The summed E-state index contributed by atoms with van der Waals surface area (Å²) in [5.41, 5.74) is 0. The summed E-state index contributed by atoms with van der Waals surface area (Å²) >= 11 is 0. The van der Waals surface area contributed by atoms with Crippen LogP contribution in [0.1, 0.15) is 58.8 Å². The molecule has 0 bridgehead atoms. The zero-order valence-corrected chi connectivity index (χ0v) is 15.7. The summed E-state index contributed by atoms with van der Waals surface area (Å²) in [5.74, 6) is 2.27. The first kappa shape index (κ1) is 18.1. The summed E-state index contributed by atoms with van der Waals surface area (Å²) in [6.45, 7) is 7.47. The fourth-order valence-electron chi connectivity index (χ4n) is 4.02. The standard InChI is InChI=1S/C18H32N6O/c1-14(2)17(25)19-11-16-9-6-10-23(12-16)18-20-21-22-24(18)13-15-7-4-3-5-8-15/h14-16H,3-13H2,1-2H3,(H,19,25). The van der Waals surface area contributed by atoms with Crippen molar-refractivity contribution in [2.75, 3.05) is 24.5 Å². The van der Waals surface area contributed by atoms with Gasteiger partial charge in [0.25, 0.3) is 0 Å². The highest BCUT2D eigenvalue weighted by Gasteiger charge is 2.25. The maximum Gasteiger partial charge on any atom is 0.245 e. The first-order valence-corrected chi connectivity index (χ1v) is 9.92. The highest BCUT2D eigenvalue weighted by molar-refractivity contribution is 5.77. The molecule has 2 heterocycles. The van der Waals surface area contributed by atoms with Crippen LogP contribution in [0.3, 0.4) is 0 Å². The van der Waals surface area contributed by atoms with Crippen molar-refractivity contribution in [2.24, 2.45) is 17.8 Å². The van der Waals surface area contributed by atoms with E-state index in [0.29, 0.717) is 11.8 Å². The number of nitrogens with one attached hydrogen (secondary N) is 1. The van der Waals surface area contributed by atoms with E-state index in [0.717, 1.165) is 45.0 Å². The number of hydrogen-bond donors (Lipinski definition) is 1. The molecule has 1 aromatic rings. The third kappa shape index (κ3) is 4.92. The quantitative estimate of drug-likeness (QED) is 0.853. The summed E-state index contributed by atoms with van der Waals surface area (Å²) in [7, 11) is 0. The van der Waals surface area contributed by atoms with E-state index in [1.54, 1.807) is 0 Å². The number of aromatic nitrogens is 4. The minimum atomic E-state index is 0.0440. The third-order valence-electron chi connectivity index (χ3n) is 5.56. The van der Waals surface area contributed by atoms with Crippen LogP contribution in [-0.4, -0.2) is 45.7 Å². The number of nitrogens with zero attached hydrogens (tertiary/aromatic N) is 5. The number of tetrazole rings is 1. The summed E-state index contributed by atoms with van der Waals surface area (Å²) in [5, 5.41) is 15.6. The zero-order chi connectivity index (χ0) is 17.6. The Morgan fingerprint density at radius 3 is 2.68 bits per heavy atom. The maximum absolute atomic E-state index is 11.8. The van der Waals surface area contributed by atoms with Crippen LogP contribution in [0.5, 0.6) is 0 Å². The Hall–Kier alpha value is -1.66. The molecule has 2 fully saturated rings. The van der Waals surface area contributed by atoms with Crippen molar-refractivity contribution in [1.29, 1.82) is 0 Å². The van der Waals surface area contributed by atoms with Crippen LogP contribution in [0, 0.1) is 17.8 Å². The topological polar surface area (TPSA) is 75.9 Å². The molecular formula is C18H32N6O. The average molecular weight is 348 g/mol. The molecule has 1 aliphatic carbocycles. The van der Waals surface area contributed by atoms with Crippen LogP contribution in [0.4, 0.5) is 5.95 Å². The third-order valence-corrected chi connectivity index (χ3v) is 5.56. The smallest absolute Gasteiger partial charge is 0.245 e. The molecule has 3 rings (SSSR count). The van der Waals surface area contributed by atoms with E-state index < -0.39 is 0 Å². The Bertz CT molecular complexity index is 552. The lowest BCUT2D eigenvalue weighted by Gasteiger charge is -2.33. The molecular weight excluding hydrogens is 316 g/mol. The molecule has 0 aromatic carbocycles. The normalized spacial score (nSPS) is 22.4. The van der Waals surface area contributed by atoms with Crippen LogP contribution < -0.4 is 10.2 Å². The molecule has 140 valence electrons. The van der Waals surface area contributed by atoms with Gasteiger partial charge in [0.1, 0.15) is 0 Å². The zero-order valence-electron chi connectivity index (χ0n) is 15.7. The molecule has 1 atom stereocenters. The molecule has 25 heavy (non-hydrogen) atoms. The first-order chi connectivity index (χ1) is 12.1. The van der Waals surface area contributed by atoms with E-state index in [-0.39, 0.29) is 11.8 Å². The number of piperidine rings is 1. The lowest BCUT2D eigenvalue weighted by atomic mass is 9.89. The Balaban J connectivity index is 1.56. The molecule has 0 spiro atoms. The maximum atomic E-state index is 11.8. The summed E-state index contributed by atoms with van der Waals surface area (Å²) in [6, 6.07) is 0. The van der Waals surface area contributed by atoms with Gasteiger partial charge in [-0.3, -0.25) is 4.79 Å². The van der Waals surface area contributed by atoms with Crippen LogP contribution in [-0.2, 0) is 11.3 Å². The number of anilines is 1. The summed E-state index contributed by atoms with van der Waals surface area (Å²) < 4.78 is 2.01. The Morgan fingerprint density at radius 1 is 1.16 bits per heavy atom. The minimum absolute atomic E-state index is 0.0440. The van der Waals surface area contributed by atoms with Gasteiger partial charge in [0.05, 0.1) is 0 Å². The second-order valence-corrected chi connectivity index (χ2v) is 8.02. The van der Waals surface area contributed by atoms with Crippen LogP contribution in [0.2, 0.25) is 0 Å². The molecule has 0 radical (unpaired) electrons. The van der Waals surface area contributed by atoms with Crippen molar-refractivity contribution in [3.05, 3.63) is 0 Å². The molecule has 1 N–H and O–H groups in total. The number of carbonyl (C=O) groups is 1. The van der Waals surface area contributed by atoms with Crippen molar-refractivity contribution >= 4 is 11.9 Å². The van der Waals surface area contributed by atoms with Gasteiger partial charge in [-0.25, -0.2) is 4.68 Å². The molecule has 1 aliphatic heterocycles. The number of rotatable bonds is 6. The molecule has 1 amide bonds. The van der Waals surface area contributed by atoms with E-state index >= 15 is 0 Å². The Morgan fingerprint density at radius 2 is 1.92 bits per heavy atom. The van der Waals surface area contributed by atoms with E-state index in [1.807, 2.05) is 18.5 Å². The van der Waals surface area contributed by atoms with Crippen molar-refractivity contribution < 1.29 is 4.79 Å². The number of hydrogen-bond acceptors (Lipinski definition) is 5. The van der Waals surface area contributed by atoms with E-state index in [4.69, 9.17) is 0 Å². The van der Waals surface area contributed by atoms with Gasteiger partial charge in [-0.05, 0) is 47.9 Å². The second-order valence-electron chi connectivity index (χ2n) is 8.02. The Labute approximate surface area is 150 Å². The average Bonchev–Trinajstić information content (AvgIpc) is 3.09. The fraction of sp³-hybridized carbons (Fsp3) is 0.889. The number of amides is 1. The van der Waals surface area contributed by atoms with Crippen molar-refractivity contribution in [2.45, 2.75) is 65.3 Å². The molecule has 7 nitrogen and oxygen atoms in total. The summed E-state index contributed by atoms with van der Waals surface area (Å²) in [6.07, 6.45) is 8.91. The largest absolute Gasteiger partial charge is 0.356 e. The van der Waals surface area contributed by atoms with E-state index in [2.05, 4.69) is 25.7 Å². The Kier molecular flexibility index (Phi) is 6.26.